The first-order valence-electron chi connectivity index (χ1n) is 10.7. The van der Waals surface area contributed by atoms with Crippen LogP contribution >= 0.6 is 11.3 Å². The minimum atomic E-state index is -0.150. The molecule has 0 bridgehead atoms. The number of hydrogen-bond donors (Lipinski definition) is 1. The van der Waals surface area contributed by atoms with Crippen molar-refractivity contribution < 1.29 is 9.13 Å². The highest BCUT2D eigenvalue weighted by Gasteiger charge is 2.47. The summed E-state index contributed by atoms with van der Waals surface area (Å²) in [7, 11) is 0. The van der Waals surface area contributed by atoms with Crippen molar-refractivity contribution in [2.45, 2.75) is 76.4 Å². The van der Waals surface area contributed by atoms with Crippen molar-refractivity contribution in [1.82, 2.24) is 5.32 Å². The third-order valence-corrected chi connectivity index (χ3v) is 8.07. The normalized spacial score (nSPS) is 24.1. The molecule has 1 aliphatic carbocycles. The number of thiophene rings is 1. The van der Waals surface area contributed by atoms with Gasteiger partial charge in [0.25, 0.3) is 0 Å². The molecule has 1 N–H and O–H groups in total. The van der Waals surface area contributed by atoms with Gasteiger partial charge < -0.3 is 10.1 Å². The van der Waals surface area contributed by atoms with Crippen molar-refractivity contribution in [3.63, 3.8) is 0 Å². The van der Waals surface area contributed by atoms with Crippen LogP contribution in [-0.4, -0.2) is 18.8 Å². The molecule has 1 spiro atoms. The summed E-state index contributed by atoms with van der Waals surface area (Å²) >= 11 is 1.89. The van der Waals surface area contributed by atoms with Gasteiger partial charge in [-0.05, 0) is 81.8 Å². The Labute approximate surface area is 172 Å². The van der Waals surface area contributed by atoms with Crippen LogP contribution in [0.1, 0.15) is 65.8 Å². The zero-order chi connectivity index (χ0) is 19.6. The topological polar surface area (TPSA) is 21.3 Å². The van der Waals surface area contributed by atoms with Gasteiger partial charge in [0, 0.05) is 28.3 Å². The molecule has 0 unspecified atom stereocenters. The fourth-order valence-corrected chi connectivity index (χ4v) is 6.27. The monoisotopic (exact) mass is 401 g/mol. The summed E-state index contributed by atoms with van der Waals surface area (Å²) < 4.78 is 19.9. The van der Waals surface area contributed by atoms with Gasteiger partial charge in [0.05, 0.1) is 5.60 Å². The third-order valence-electron chi connectivity index (χ3n) is 6.92. The van der Waals surface area contributed by atoms with Crippen LogP contribution in [0.25, 0.3) is 0 Å². The van der Waals surface area contributed by atoms with Crippen molar-refractivity contribution in [3.05, 3.63) is 57.0 Å². The largest absolute Gasteiger partial charge is 0.375 e. The van der Waals surface area contributed by atoms with E-state index in [2.05, 4.69) is 25.2 Å². The Balaban J connectivity index is 1.47. The van der Waals surface area contributed by atoms with Crippen LogP contribution in [0.3, 0.4) is 0 Å². The second kappa shape index (κ2) is 8.25. The molecule has 1 saturated carbocycles. The van der Waals surface area contributed by atoms with E-state index in [1.165, 1.54) is 46.6 Å². The summed E-state index contributed by atoms with van der Waals surface area (Å²) in [6.45, 7) is 7.10. The van der Waals surface area contributed by atoms with E-state index < -0.39 is 0 Å². The highest BCUT2D eigenvalue weighted by atomic mass is 32.1. The van der Waals surface area contributed by atoms with Gasteiger partial charge in [0.2, 0.25) is 0 Å². The van der Waals surface area contributed by atoms with Crippen LogP contribution in [0.15, 0.2) is 30.3 Å². The number of benzene rings is 1. The minimum Gasteiger partial charge on any atom is -0.375 e. The summed E-state index contributed by atoms with van der Waals surface area (Å²) in [6, 6.07) is 9.56. The van der Waals surface area contributed by atoms with Crippen LogP contribution in [-0.2, 0) is 16.7 Å². The Morgan fingerprint density at radius 3 is 2.54 bits per heavy atom. The molecule has 1 aromatic carbocycles. The molecule has 28 heavy (non-hydrogen) atoms. The molecular weight excluding hydrogens is 369 g/mol. The average Bonchev–Trinajstić information content (AvgIpc) is 3.26. The van der Waals surface area contributed by atoms with E-state index >= 15 is 0 Å². The highest BCUT2D eigenvalue weighted by Crippen LogP contribution is 2.50. The lowest BCUT2D eigenvalue weighted by atomic mass is 9.66. The zero-order valence-electron chi connectivity index (χ0n) is 17.2. The number of nitrogens with one attached hydrogen (secondary N) is 1. The number of hydrogen-bond acceptors (Lipinski definition) is 3. The van der Waals surface area contributed by atoms with Crippen molar-refractivity contribution in [2.75, 3.05) is 13.2 Å². The van der Waals surface area contributed by atoms with Gasteiger partial charge in [-0.25, -0.2) is 4.39 Å². The smallest absolute Gasteiger partial charge is 0.123 e. The van der Waals surface area contributed by atoms with E-state index in [4.69, 9.17) is 4.74 Å². The van der Waals surface area contributed by atoms with Gasteiger partial charge in [0.1, 0.15) is 5.82 Å². The molecule has 0 amide bonds. The van der Waals surface area contributed by atoms with Crippen molar-refractivity contribution in [3.8, 4) is 0 Å². The summed E-state index contributed by atoms with van der Waals surface area (Å²) in [4.78, 5) is 2.82. The van der Waals surface area contributed by atoms with E-state index in [1.807, 2.05) is 23.5 Å². The summed E-state index contributed by atoms with van der Waals surface area (Å²) in [6.07, 6.45) is 8.08. The molecule has 0 radical (unpaired) electrons. The molecule has 1 atom stereocenters. The maximum Gasteiger partial charge on any atom is 0.123 e. The van der Waals surface area contributed by atoms with Crippen molar-refractivity contribution in [2.24, 2.45) is 0 Å². The molecule has 2 fully saturated rings. The van der Waals surface area contributed by atoms with Crippen molar-refractivity contribution >= 4 is 11.3 Å². The standard InChI is InChI=1S/C24H32FNOS/c1-18-15-22(28-19(18)2)16-26-13-11-23(20-5-7-21(25)8-6-20)12-14-27-24(17-23)9-3-4-10-24/h5-8,15,26H,3-4,9-14,16-17H2,1-2H3/t23-/m1/s1. The fourth-order valence-electron chi connectivity index (χ4n) is 5.24. The van der Waals surface area contributed by atoms with Gasteiger partial charge >= 0.3 is 0 Å². The van der Waals surface area contributed by atoms with Gasteiger partial charge in [-0.15, -0.1) is 11.3 Å². The van der Waals surface area contributed by atoms with Crippen molar-refractivity contribution in [1.29, 1.82) is 0 Å². The number of halogens is 1. The SMILES string of the molecule is Cc1cc(CNCC[C@@]2(c3ccc(F)cc3)CCOC3(CCCC3)C2)sc1C. The molecule has 4 rings (SSSR count). The van der Waals surface area contributed by atoms with Crippen LogP contribution in [0.4, 0.5) is 4.39 Å². The summed E-state index contributed by atoms with van der Waals surface area (Å²) in [5.74, 6) is -0.150. The molecule has 152 valence electrons. The zero-order valence-corrected chi connectivity index (χ0v) is 18.0. The first kappa shape index (κ1) is 20.1. The molecule has 1 saturated heterocycles. The van der Waals surface area contributed by atoms with E-state index in [1.54, 1.807) is 12.1 Å². The molecule has 1 aliphatic heterocycles. The number of aryl methyl sites for hydroxylation is 2. The molecular formula is C24H32FNOS. The minimum absolute atomic E-state index is 0.0502. The number of ether oxygens (including phenoxy) is 1. The second-order valence-electron chi connectivity index (χ2n) is 8.83. The Morgan fingerprint density at radius 2 is 1.86 bits per heavy atom. The maximum absolute atomic E-state index is 13.6. The second-order valence-corrected chi connectivity index (χ2v) is 10.2. The van der Waals surface area contributed by atoms with Crippen LogP contribution in [0.2, 0.25) is 0 Å². The Morgan fingerprint density at radius 1 is 1.11 bits per heavy atom. The lowest BCUT2D eigenvalue weighted by molar-refractivity contribution is -0.103. The molecule has 4 heteroatoms. The third kappa shape index (κ3) is 4.19. The van der Waals surface area contributed by atoms with Crippen LogP contribution < -0.4 is 5.32 Å². The van der Waals surface area contributed by atoms with Gasteiger partial charge in [-0.2, -0.15) is 0 Å². The summed E-state index contributed by atoms with van der Waals surface area (Å²) in [5, 5.41) is 3.67. The van der Waals surface area contributed by atoms with E-state index in [-0.39, 0.29) is 16.8 Å². The first-order valence-corrected chi connectivity index (χ1v) is 11.5. The first-order chi connectivity index (χ1) is 13.5. The Kier molecular flexibility index (Phi) is 5.91. The Hall–Kier alpha value is -1.23. The van der Waals surface area contributed by atoms with Gasteiger partial charge in [-0.3, -0.25) is 0 Å². The molecule has 1 aromatic heterocycles. The van der Waals surface area contributed by atoms with Crippen LogP contribution in [0.5, 0.6) is 0 Å². The average molecular weight is 402 g/mol. The van der Waals surface area contributed by atoms with Gasteiger partial charge in [-0.1, -0.05) is 25.0 Å². The number of rotatable bonds is 6. The van der Waals surface area contributed by atoms with Crippen LogP contribution in [0, 0.1) is 19.7 Å². The summed E-state index contributed by atoms with van der Waals surface area (Å²) in [5.41, 5.74) is 2.81. The molecule has 2 heterocycles. The van der Waals surface area contributed by atoms with E-state index in [0.29, 0.717) is 0 Å². The predicted molar refractivity (Wildman–Crippen MR) is 115 cm³/mol. The fraction of sp³-hybridized carbons (Fsp3) is 0.583. The predicted octanol–water partition coefficient (Wildman–Crippen LogP) is 6.04. The highest BCUT2D eigenvalue weighted by molar-refractivity contribution is 7.12. The molecule has 2 aromatic rings. The lowest BCUT2D eigenvalue weighted by Gasteiger charge is -2.47. The maximum atomic E-state index is 13.6. The lowest BCUT2D eigenvalue weighted by Crippen LogP contribution is -2.47. The van der Waals surface area contributed by atoms with Gasteiger partial charge in [0.15, 0.2) is 0 Å². The quantitative estimate of drug-likeness (QED) is 0.595. The van der Waals surface area contributed by atoms with E-state index in [9.17, 15) is 4.39 Å². The Bertz CT molecular complexity index is 774. The van der Waals surface area contributed by atoms with E-state index in [0.717, 1.165) is 39.0 Å². The molecule has 2 aliphatic rings. The molecule has 2 nitrogen and oxygen atoms in total.